The van der Waals surface area contributed by atoms with Crippen LogP contribution >= 0.6 is 0 Å². The summed E-state index contributed by atoms with van der Waals surface area (Å²) in [6.45, 7) is 4.30. The summed E-state index contributed by atoms with van der Waals surface area (Å²) in [5, 5.41) is 8.46. The van der Waals surface area contributed by atoms with Crippen LogP contribution in [0.2, 0.25) is 0 Å². The molecule has 0 aliphatic heterocycles. The van der Waals surface area contributed by atoms with Gasteiger partial charge in [-0.1, -0.05) is 96.1 Å². The molecule has 0 amide bonds. The summed E-state index contributed by atoms with van der Waals surface area (Å²) in [6, 6.07) is 41.1. The van der Waals surface area contributed by atoms with Gasteiger partial charge in [-0.2, -0.15) is 0 Å². The van der Waals surface area contributed by atoms with Gasteiger partial charge in [-0.3, -0.25) is 0 Å². The maximum absolute atomic E-state index is 6.34. The lowest BCUT2D eigenvalue weighted by Crippen LogP contribution is -1.91. The molecular weight excluding hydrogens is 474 g/mol. The van der Waals surface area contributed by atoms with Crippen LogP contribution in [-0.4, -0.2) is 4.98 Å². The van der Waals surface area contributed by atoms with Gasteiger partial charge in [0.15, 0.2) is 0 Å². The molecule has 2 aromatic heterocycles. The van der Waals surface area contributed by atoms with Crippen molar-refractivity contribution in [3.63, 3.8) is 0 Å². The smallest absolute Gasteiger partial charge is 0.143 e. The molecule has 0 saturated carbocycles. The molecule has 0 aliphatic rings. The molecule has 8 aromatic rings. The highest BCUT2D eigenvalue weighted by atomic mass is 16.3. The Kier molecular flexibility index (Phi) is 4.68. The lowest BCUT2D eigenvalue weighted by molar-refractivity contribution is 0.670. The van der Waals surface area contributed by atoms with Gasteiger partial charge < -0.3 is 4.42 Å². The summed E-state index contributed by atoms with van der Waals surface area (Å²) in [4.78, 5) is 5.30. The number of pyridine rings is 1. The highest BCUT2D eigenvalue weighted by molar-refractivity contribution is 6.24. The Morgan fingerprint density at radius 3 is 2.05 bits per heavy atom. The average molecular weight is 500 g/mol. The molecule has 0 N–H and O–H groups in total. The molecule has 6 aromatic carbocycles. The number of hydrogen-bond donors (Lipinski definition) is 0. The van der Waals surface area contributed by atoms with E-state index in [1.54, 1.807) is 0 Å². The van der Waals surface area contributed by atoms with Gasteiger partial charge in [0.25, 0.3) is 0 Å². The van der Waals surface area contributed by atoms with Crippen molar-refractivity contribution in [2.24, 2.45) is 0 Å². The lowest BCUT2D eigenvalue weighted by atomic mass is 9.94. The topological polar surface area (TPSA) is 26.0 Å². The van der Waals surface area contributed by atoms with Gasteiger partial charge in [0.05, 0.1) is 11.2 Å². The summed E-state index contributed by atoms with van der Waals surface area (Å²) < 4.78 is 6.34. The van der Waals surface area contributed by atoms with Gasteiger partial charge in [-0.25, -0.2) is 4.98 Å². The van der Waals surface area contributed by atoms with E-state index < -0.39 is 0 Å². The third-order valence-electron chi connectivity index (χ3n) is 7.95. The van der Waals surface area contributed by atoms with Crippen LogP contribution in [0.4, 0.5) is 0 Å². The molecule has 0 aliphatic carbocycles. The average Bonchev–Trinajstić information content (AvgIpc) is 3.36. The Morgan fingerprint density at radius 1 is 0.487 bits per heavy atom. The molecule has 39 heavy (non-hydrogen) atoms. The normalized spacial score (nSPS) is 11.8. The monoisotopic (exact) mass is 499 g/mol. The number of fused-ring (bicyclic) bond motifs is 9. The minimum absolute atomic E-state index is 0.914. The number of rotatable bonds is 2. The summed E-state index contributed by atoms with van der Waals surface area (Å²) in [5.41, 5.74) is 9.65. The third-order valence-corrected chi connectivity index (χ3v) is 7.95. The molecule has 0 unspecified atom stereocenters. The van der Waals surface area contributed by atoms with Crippen molar-refractivity contribution in [2.75, 3.05) is 0 Å². The van der Waals surface area contributed by atoms with Gasteiger partial charge in [-0.05, 0) is 65.9 Å². The predicted molar refractivity (Wildman–Crippen MR) is 164 cm³/mol. The second-order valence-corrected chi connectivity index (χ2v) is 10.6. The van der Waals surface area contributed by atoms with Crippen molar-refractivity contribution >= 4 is 54.4 Å². The Labute approximate surface area is 226 Å². The van der Waals surface area contributed by atoms with Crippen molar-refractivity contribution in [3.05, 3.63) is 126 Å². The Bertz CT molecular complexity index is 2250. The summed E-state index contributed by atoms with van der Waals surface area (Å²) in [6.07, 6.45) is 0. The maximum Gasteiger partial charge on any atom is 0.143 e. The van der Waals surface area contributed by atoms with Crippen LogP contribution in [-0.2, 0) is 0 Å². The Morgan fingerprint density at radius 2 is 1.18 bits per heavy atom. The standard InChI is InChI=1S/C37H25NO/c1-22-13-15-27-28-16-14-23(2)20-33(28)36-30(32(27)19-22)17-18-34(38-36)25-8-5-7-24(21-25)26-10-6-11-31-29-9-3-4-12-35(29)39-37(26)31/h3-21H,1-2H3. The summed E-state index contributed by atoms with van der Waals surface area (Å²) in [7, 11) is 0. The van der Waals surface area contributed by atoms with E-state index in [0.29, 0.717) is 0 Å². The molecule has 0 spiro atoms. The Hall–Kier alpha value is -4.95. The molecule has 0 saturated heterocycles. The molecule has 8 rings (SSSR count). The van der Waals surface area contributed by atoms with E-state index in [4.69, 9.17) is 9.40 Å². The number of hydrogen-bond acceptors (Lipinski definition) is 2. The van der Waals surface area contributed by atoms with E-state index in [1.807, 2.05) is 12.1 Å². The molecule has 0 radical (unpaired) electrons. The van der Waals surface area contributed by atoms with E-state index in [2.05, 4.69) is 117 Å². The van der Waals surface area contributed by atoms with E-state index in [9.17, 15) is 0 Å². The second-order valence-electron chi connectivity index (χ2n) is 10.6. The first-order chi connectivity index (χ1) is 19.1. The number of para-hydroxylation sites is 2. The minimum Gasteiger partial charge on any atom is -0.455 e. The van der Waals surface area contributed by atoms with Gasteiger partial charge in [0.1, 0.15) is 11.2 Å². The van der Waals surface area contributed by atoms with Crippen LogP contribution in [0, 0.1) is 13.8 Å². The molecule has 0 fully saturated rings. The number of aryl methyl sites for hydroxylation is 2. The number of aromatic nitrogens is 1. The molecule has 2 nitrogen and oxygen atoms in total. The maximum atomic E-state index is 6.34. The fourth-order valence-corrected chi connectivity index (χ4v) is 6.07. The minimum atomic E-state index is 0.914. The number of nitrogens with zero attached hydrogens (tertiary/aromatic N) is 1. The quantitative estimate of drug-likeness (QED) is 0.221. The van der Waals surface area contributed by atoms with Crippen LogP contribution in [0.5, 0.6) is 0 Å². The van der Waals surface area contributed by atoms with Gasteiger partial charge >= 0.3 is 0 Å². The van der Waals surface area contributed by atoms with Crippen molar-refractivity contribution < 1.29 is 4.42 Å². The van der Waals surface area contributed by atoms with Crippen LogP contribution in [0.15, 0.2) is 120 Å². The zero-order valence-electron chi connectivity index (χ0n) is 21.8. The van der Waals surface area contributed by atoms with Crippen LogP contribution in [0.1, 0.15) is 11.1 Å². The van der Waals surface area contributed by atoms with Crippen LogP contribution in [0.3, 0.4) is 0 Å². The number of benzene rings is 6. The number of furan rings is 1. The SMILES string of the molecule is Cc1ccc2c(c1)c1ccc(-c3cccc(-c4cccc5c4oc4ccccc45)c3)nc1c1cc(C)ccc21. The first kappa shape index (κ1) is 22.1. The molecule has 0 bridgehead atoms. The Balaban J connectivity index is 1.35. The van der Waals surface area contributed by atoms with E-state index in [0.717, 1.165) is 49.8 Å². The third kappa shape index (κ3) is 3.38. The fourth-order valence-electron chi connectivity index (χ4n) is 6.07. The first-order valence-electron chi connectivity index (χ1n) is 13.4. The lowest BCUT2D eigenvalue weighted by Gasteiger charge is -2.13. The van der Waals surface area contributed by atoms with Crippen molar-refractivity contribution in [1.29, 1.82) is 0 Å². The van der Waals surface area contributed by atoms with Crippen LogP contribution < -0.4 is 0 Å². The van der Waals surface area contributed by atoms with E-state index >= 15 is 0 Å². The molecule has 0 atom stereocenters. The van der Waals surface area contributed by atoms with Crippen molar-refractivity contribution in [2.45, 2.75) is 13.8 Å². The van der Waals surface area contributed by atoms with Crippen molar-refractivity contribution in [3.8, 4) is 22.4 Å². The largest absolute Gasteiger partial charge is 0.455 e. The highest BCUT2D eigenvalue weighted by Gasteiger charge is 2.14. The molecule has 2 heteroatoms. The summed E-state index contributed by atoms with van der Waals surface area (Å²) >= 11 is 0. The van der Waals surface area contributed by atoms with Gasteiger partial charge in [0, 0.05) is 32.7 Å². The predicted octanol–water partition coefficient (Wildman–Crippen LogP) is 10.4. The van der Waals surface area contributed by atoms with E-state index in [1.165, 1.54) is 38.1 Å². The highest BCUT2D eigenvalue weighted by Crippen LogP contribution is 2.39. The zero-order chi connectivity index (χ0) is 26.1. The second kappa shape index (κ2) is 8.28. The molecule has 184 valence electrons. The molecule has 2 heterocycles. The van der Waals surface area contributed by atoms with Gasteiger partial charge in [-0.15, -0.1) is 0 Å². The van der Waals surface area contributed by atoms with Crippen molar-refractivity contribution in [1.82, 2.24) is 4.98 Å². The van der Waals surface area contributed by atoms with Crippen LogP contribution in [0.25, 0.3) is 76.8 Å². The molecular formula is C37H25NO. The van der Waals surface area contributed by atoms with E-state index in [-0.39, 0.29) is 0 Å². The first-order valence-corrected chi connectivity index (χ1v) is 13.4. The zero-order valence-corrected chi connectivity index (χ0v) is 21.8. The summed E-state index contributed by atoms with van der Waals surface area (Å²) in [5.74, 6) is 0. The van der Waals surface area contributed by atoms with Gasteiger partial charge in [0.2, 0.25) is 0 Å². The fraction of sp³-hybridized carbons (Fsp3) is 0.0541.